The molecule has 0 radical (unpaired) electrons. The minimum atomic E-state index is -0.296. The van der Waals surface area contributed by atoms with Crippen LogP contribution >= 0.6 is 0 Å². The highest BCUT2D eigenvalue weighted by Gasteiger charge is 2.50. The fraction of sp³-hybridized carbons (Fsp3) is 0.429. The van der Waals surface area contributed by atoms with Gasteiger partial charge in [0, 0.05) is 25.1 Å². The Kier molecular flexibility index (Phi) is 4.99. The Hall–Kier alpha value is -2.60. The van der Waals surface area contributed by atoms with E-state index in [1.54, 1.807) is 11.1 Å². The Morgan fingerprint density at radius 2 is 2.07 bits per heavy atom. The molecule has 4 rings (SSSR count). The quantitative estimate of drug-likeness (QED) is 0.812. The second-order valence-corrected chi connectivity index (χ2v) is 7.24. The molecule has 1 atom stereocenters. The molecule has 1 aromatic carbocycles. The van der Waals surface area contributed by atoms with Crippen molar-refractivity contribution in [2.24, 2.45) is 0 Å². The van der Waals surface area contributed by atoms with Crippen molar-refractivity contribution in [1.82, 2.24) is 9.88 Å². The maximum absolute atomic E-state index is 12.4. The molecule has 2 aromatic rings. The van der Waals surface area contributed by atoms with Crippen LogP contribution in [0.1, 0.15) is 18.4 Å². The number of ether oxygens (including phenoxy) is 3. The molecule has 0 bridgehead atoms. The molecule has 2 fully saturated rings. The Balaban J connectivity index is 1.27. The highest BCUT2D eigenvalue weighted by atomic mass is 16.5. The van der Waals surface area contributed by atoms with Crippen LogP contribution in [0.4, 0.5) is 0 Å². The van der Waals surface area contributed by atoms with Gasteiger partial charge in [-0.1, -0.05) is 24.3 Å². The number of hydrogen-bond donors (Lipinski definition) is 0. The lowest BCUT2D eigenvalue weighted by molar-refractivity contribution is -0.194. The first kappa shape index (κ1) is 17.8. The largest absolute Gasteiger partial charge is 0.484 e. The summed E-state index contributed by atoms with van der Waals surface area (Å²) in [4.78, 5) is 18.4. The standard InChI is InChI=1S/C21H24N2O4/c1-16-6-2-3-7-18(16)25-13-20(24)23-14-21(15-23)12-17(9-11-26-21)27-19-8-4-5-10-22-19/h2-8,10,17H,9,11-15H2,1H3/t17-/m0/s1. The van der Waals surface area contributed by atoms with E-state index in [1.165, 1.54) is 0 Å². The summed E-state index contributed by atoms with van der Waals surface area (Å²) in [7, 11) is 0. The number of likely N-dealkylation sites (tertiary alicyclic amines) is 1. The summed E-state index contributed by atoms with van der Waals surface area (Å²) < 4.78 is 17.6. The van der Waals surface area contributed by atoms with Gasteiger partial charge in [-0.05, 0) is 24.6 Å². The zero-order valence-electron chi connectivity index (χ0n) is 15.5. The molecule has 0 aliphatic carbocycles. The van der Waals surface area contributed by atoms with Crippen LogP contribution < -0.4 is 9.47 Å². The van der Waals surface area contributed by atoms with Gasteiger partial charge in [-0.3, -0.25) is 4.79 Å². The van der Waals surface area contributed by atoms with E-state index in [4.69, 9.17) is 14.2 Å². The van der Waals surface area contributed by atoms with E-state index in [0.29, 0.717) is 25.6 Å². The number of pyridine rings is 1. The smallest absolute Gasteiger partial charge is 0.260 e. The average Bonchev–Trinajstić information content (AvgIpc) is 2.66. The molecule has 3 heterocycles. The van der Waals surface area contributed by atoms with Gasteiger partial charge in [-0.25, -0.2) is 4.98 Å². The summed E-state index contributed by atoms with van der Waals surface area (Å²) >= 11 is 0. The minimum Gasteiger partial charge on any atom is -0.484 e. The predicted octanol–water partition coefficient (Wildman–Crippen LogP) is 2.61. The van der Waals surface area contributed by atoms with Crippen molar-refractivity contribution in [3.8, 4) is 11.6 Å². The number of amides is 1. The molecular weight excluding hydrogens is 344 g/mol. The topological polar surface area (TPSA) is 60.9 Å². The van der Waals surface area contributed by atoms with Crippen LogP contribution in [0.3, 0.4) is 0 Å². The molecule has 0 saturated carbocycles. The number of hydrogen-bond acceptors (Lipinski definition) is 5. The molecule has 0 N–H and O–H groups in total. The van der Waals surface area contributed by atoms with Crippen molar-refractivity contribution >= 4 is 5.91 Å². The summed E-state index contributed by atoms with van der Waals surface area (Å²) in [5.41, 5.74) is 0.728. The van der Waals surface area contributed by atoms with Crippen molar-refractivity contribution in [1.29, 1.82) is 0 Å². The van der Waals surface area contributed by atoms with Gasteiger partial charge >= 0.3 is 0 Å². The Morgan fingerprint density at radius 1 is 1.26 bits per heavy atom. The molecule has 2 aliphatic rings. The third kappa shape index (κ3) is 4.06. The van der Waals surface area contributed by atoms with Crippen LogP contribution in [0.25, 0.3) is 0 Å². The van der Waals surface area contributed by atoms with Crippen LogP contribution in [0.2, 0.25) is 0 Å². The van der Waals surface area contributed by atoms with E-state index < -0.39 is 0 Å². The van der Waals surface area contributed by atoms with Crippen LogP contribution in [-0.2, 0) is 9.53 Å². The fourth-order valence-corrected chi connectivity index (χ4v) is 3.67. The normalized spacial score (nSPS) is 20.8. The number of para-hydroxylation sites is 1. The average molecular weight is 368 g/mol. The molecule has 0 unspecified atom stereocenters. The zero-order valence-corrected chi connectivity index (χ0v) is 15.5. The summed E-state index contributed by atoms with van der Waals surface area (Å²) in [5, 5.41) is 0. The summed E-state index contributed by atoms with van der Waals surface area (Å²) in [6, 6.07) is 13.3. The van der Waals surface area contributed by atoms with Crippen LogP contribution in [0, 0.1) is 6.92 Å². The lowest BCUT2D eigenvalue weighted by atomic mass is 9.84. The van der Waals surface area contributed by atoms with E-state index in [1.807, 2.05) is 49.4 Å². The van der Waals surface area contributed by atoms with Crippen molar-refractivity contribution < 1.29 is 19.0 Å². The summed E-state index contributed by atoms with van der Waals surface area (Å²) in [6.07, 6.45) is 3.39. The Morgan fingerprint density at radius 3 is 2.85 bits per heavy atom. The third-order valence-corrected chi connectivity index (χ3v) is 5.13. The van der Waals surface area contributed by atoms with E-state index in [9.17, 15) is 4.79 Å². The maximum Gasteiger partial charge on any atom is 0.260 e. The second-order valence-electron chi connectivity index (χ2n) is 7.24. The minimum absolute atomic E-state index is 0.0137. The third-order valence-electron chi connectivity index (χ3n) is 5.13. The number of nitrogens with zero attached hydrogens (tertiary/aromatic N) is 2. The predicted molar refractivity (Wildman–Crippen MR) is 99.8 cm³/mol. The van der Waals surface area contributed by atoms with Crippen LogP contribution in [0.5, 0.6) is 11.6 Å². The first-order chi connectivity index (χ1) is 13.1. The van der Waals surface area contributed by atoms with Gasteiger partial charge in [0.25, 0.3) is 5.91 Å². The van der Waals surface area contributed by atoms with Gasteiger partial charge in [-0.15, -0.1) is 0 Å². The lowest BCUT2D eigenvalue weighted by Gasteiger charge is -2.52. The molecule has 27 heavy (non-hydrogen) atoms. The lowest BCUT2D eigenvalue weighted by Crippen LogP contribution is -2.68. The number of carbonyl (C=O) groups excluding carboxylic acids is 1. The molecule has 6 nitrogen and oxygen atoms in total. The number of rotatable bonds is 5. The van der Waals surface area contributed by atoms with Gasteiger partial charge in [0.15, 0.2) is 6.61 Å². The number of benzene rings is 1. The number of carbonyl (C=O) groups is 1. The first-order valence-corrected chi connectivity index (χ1v) is 9.31. The van der Waals surface area contributed by atoms with Crippen LogP contribution in [-0.4, -0.2) is 53.8 Å². The summed E-state index contributed by atoms with van der Waals surface area (Å²) in [6.45, 7) is 3.83. The van der Waals surface area contributed by atoms with Crippen molar-refractivity contribution in [3.05, 3.63) is 54.2 Å². The van der Waals surface area contributed by atoms with Crippen molar-refractivity contribution in [2.75, 3.05) is 26.3 Å². The van der Waals surface area contributed by atoms with Gasteiger partial charge in [0.05, 0.1) is 19.7 Å². The Labute approximate surface area is 159 Å². The van der Waals surface area contributed by atoms with E-state index in [-0.39, 0.29) is 24.2 Å². The van der Waals surface area contributed by atoms with Gasteiger partial charge in [0.2, 0.25) is 5.88 Å². The number of aryl methyl sites for hydroxylation is 1. The molecule has 2 aliphatic heterocycles. The van der Waals surface area contributed by atoms with E-state index in [2.05, 4.69) is 4.98 Å². The molecular formula is C21H24N2O4. The van der Waals surface area contributed by atoms with Crippen molar-refractivity contribution in [2.45, 2.75) is 31.5 Å². The maximum atomic E-state index is 12.4. The highest BCUT2D eigenvalue weighted by molar-refractivity contribution is 5.79. The van der Waals surface area contributed by atoms with Gasteiger partial charge in [0.1, 0.15) is 17.5 Å². The molecule has 6 heteroatoms. The molecule has 1 amide bonds. The van der Waals surface area contributed by atoms with E-state index in [0.717, 1.165) is 24.2 Å². The van der Waals surface area contributed by atoms with E-state index >= 15 is 0 Å². The Bertz CT molecular complexity index is 790. The highest BCUT2D eigenvalue weighted by Crippen LogP contribution is 2.35. The number of aromatic nitrogens is 1. The zero-order chi connectivity index (χ0) is 18.7. The molecule has 1 spiro atoms. The fourth-order valence-electron chi connectivity index (χ4n) is 3.67. The molecule has 142 valence electrons. The second kappa shape index (κ2) is 7.56. The summed E-state index contributed by atoms with van der Waals surface area (Å²) in [5.74, 6) is 1.37. The van der Waals surface area contributed by atoms with Crippen molar-refractivity contribution in [3.63, 3.8) is 0 Å². The molecule has 1 aromatic heterocycles. The van der Waals surface area contributed by atoms with Gasteiger partial charge < -0.3 is 19.1 Å². The monoisotopic (exact) mass is 368 g/mol. The molecule has 2 saturated heterocycles. The first-order valence-electron chi connectivity index (χ1n) is 9.31. The SMILES string of the molecule is Cc1ccccc1OCC(=O)N1CC2(C[C@@H](Oc3ccccn3)CCO2)C1. The van der Waals surface area contributed by atoms with Crippen LogP contribution in [0.15, 0.2) is 48.7 Å². The van der Waals surface area contributed by atoms with Gasteiger partial charge in [-0.2, -0.15) is 0 Å².